The molecule has 1 aromatic carbocycles. The summed E-state index contributed by atoms with van der Waals surface area (Å²) < 4.78 is 4.76. The molecule has 5 amide bonds. The number of hydrazine groups is 1. The third kappa shape index (κ3) is 3.66. The summed E-state index contributed by atoms with van der Waals surface area (Å²) in [6, 6.07) is 6.72. The molecule has 0 aromatic heterocycles. The van der Waals surface area contributed by atoms with Gasteiger partial charge in [-0.1, -0.05) is 24.3 Å². The van der Waals surface area contributed by atoms with Gasteiger partial charge in [-0.05, 0) is 30.4 Å². The zero-order valence-electron chi connectivity index (χ0n) is 15.2. The first kappa shape index (κ1) is 19.3. The lowest BCUT2D eigenvalue weighted by Gasteiger charge is -2.33. The van der Waals surface area contributed by atoms with Gasteiger partial charge in [0.05, 0.1) is 0 Å². The number of esters is 1. The molecule has 0 saturated carbocycles. The minimum Gasteiger partial charge on any atom is -0.454 e. The van der Waals surface area contributed by atoms with Crippen molar-refractivity contribution >= 4 is 29.7 Å². The van der Waals surface area contributed by atoms with Crippen LogP contribution >= 0.6 is 0 Å². The molecule has 1 saturated heterocycles. The van der Waals surface area contributed by atoms with Crippen molar-refractivity contribution in [2.75, 3.05) is 13.2 Å². The second-order valence-corrected chi connectivity index (χ2v) is 6.63. The summed E-state index contributed by atoms with van der Waals surface area (Å²) in [6.45, 7) is -0.0676. The van der Waals surface area contributed by atoms with E-state index in [0.717, 1.165) is 28.9 Å². The van der Waals surface area contributed by atoms with E-state index in [9.17, 15) is 24.0 Å². The number of urea groups is 1. The molecule has 1 heterocycles. The number of hydrogen-bond donors (Lipinski definition) is 3. The number of benzene rings is 1. The molecular weight excluding hydrogens is 368 g/mol. The van der Waals surface area contributed by atoms with Crippen LogP contribution in [0.1, 0.15) is 30.9 Å². The second-order valence-electron chi connectivity index (χ2n) is 6.63. The Morgan fingerprint density at radius 1 is 1.21 bits per heavy atom. The van der Waals surface area contributed by atoms with Crippen LogP contribution in [-0.2, 0) is 35.9 Å². The van der Waals surface area contributed by atoms with E-state index in [1.54, 1.807) is 12.1 Å². The van der Waals surface area contributed by atoms with Crippen LogP contribution in [-0.4, -0.2) is 47.8 Å². The molecule has 148 valence electrons. The van der Waals surface area contributed by atoms with E-state index in [1.807, 2.05) is 23.0 Å². The molecule has 10 heteroatoms. The third-order valence-electron chi connectivity index (χ3n) is 4.68. The quantitative estimate of drug-likeness (QED) is 0.361. The number of nitrogens with zero attached hydrogens (tertiary/aromatic N) is 1. The largest absolute Gasteiger partial charge is 0.454 e. The SMILES string of the molecule is CC(=O)NNC(=O)COC(=O)CN1C(=O)N[C@@]2(CCCc3ccccc32)C1=O. The Hall–Kier alpha value is -3.43. The maximum atomic E-state index is 13.0. The Labute approximate surface area is 160 Å². The molecule has 3 rings (SSSR count). The van der Waals surface area contributed by atoms with Crippen LogP contribution in [0.25, 0.3) is 0 Å². The van der Waals surface area contributed by atoms with Crippen LogP contribution in [0, 0.1) is 0 Å². The van der Waals surface area contributed by atoms with Gasteiger partial charge in [-0.25, -0.2) is 4.79 Å². The van der Waals surface area contributed by atoms with Gasteiger partial charge in [0, 0.05) is 6.92 Å². The van der Waals surface area contributed by atoms with Gasteiger partial charge in [-0.2, -0.15) is 0 Å². The zero-order valence-corrected chi connectivity index (χ0v) is 15.2. The van der Waals surface area contributed by atoms with Crippen LogP contribution < -0.4 is 16.2 Å². The maximum Gasteiger partial charge on any atom is 0.326 e. The molecule has 28 heavy (non-hydrogen) atoms. The molecule has 1 atom stereocenters. The molecule has 1 fully saturated rings. The average Bonchev–Trinajstić information content (AvgIpc) is 2.90. The third-order valence-corrected chi connectivity index (χ3v) is 4.68. The molecular formula is C18H20N4O6. The summed E-state index contributed by atoms with van der Waals surface area (Å²) in [4.78, 5) is 60.3. The van der Waals surface area contributed by atoms with Crippen molar-refractivity contribution in [2.45, 2.75) is 31.7 Å². The Morgan fingerprint density at radius 3 is 2.71 bits per heavy atom. The fourth-order valence-corrected chi connectivity index (χ4v) is 3.47. The number of ether oxygens (including phenoxy) is 1. The molecule has 0 bridgehead atoms. The lowest BCUT2D eigenvalue weighted by molar-refractivity contribution is -0.151. The van der Waals surface area contributed by atoms with Crippen molar-refractivity contribution in [3.05, 3.63) is 35.4 Å². The smallest absolute Gasteiger partial charge is 0.326 e. The van der Waals surface area contributed by atoms with Gasteiger partial charge < -0.3 is 10.1 Å². The van der Waals surface area contributed by atoms with Crippen molar-refractivity contribution in [2.24, 2.45) is 0 Å². The molecule has 2 aliphatic rings. The lowest BCUT2D eigenvalue weighted by atomic mass is 9.76. The highest BCUT2D eigenvalue weighted by molar-refractivity contribution is 6.09. The molecule has 1 aliphatic carbocycles. The number of fused-ring (bicyclic) bond motifs is 2. The monoisotopic (exact) mass is 388 g/mol. The highest BCUT2D eigenvalue weighted by Gasteiger charge is 2.54. The standard InChI is InChI=1S/C18H20N4O6/c1-11(23)20-21-14(24)10-28-15(25)9-22-16(26)18(19-17(22)27)8-4-6-12-5-2-3-7-13(12)18/h2-3,5,7H,4,6,8-10H2,1H3,(H,19,27)(H,20,23)(H,21,24)/t18-/m1/s1. The first-order valence-electron chi connectivity index (χ1n) is 8.77. The zero-order chi connectivity index (χ0) is 20.3. The lowest BCUT2D eigenvalue weighted by Crippen LogP contribution is -2.47. The number of carbonyl (C=O) groups is 5. The number of nitrogens with one attached hydrogen (secondary N) is 3. The van der Waals surface area contributed by atoms with Gasteiger partial charge in [0.1, 0.15) is 12.1 Å². The highest BCUT2D eigenvalue weighted by atomic mass is 16.5. The van der Waals surface area contributed by atoms with Gasteiger partial charge >= 0.3 is 12.0 Å². The number of aryl methyl sites for hydroxylation is 1. The summed E-state index contributed by atoms with van der Waals surface area (Å²) in [5.41, 5.74) is 4.63. The Bertz CT molecular complexity index is 854. The second kappa shape index (κ2) is 7.67. The predicted molar refractivity (Wildman–Crippen MR) is 94.2 cm³/mol. The molecule has 10 nitrogen and oxygen atoms in total. The van der Waals surface area contributed by atoms with Gasteiger partial charge in [0.15, 0.2) is 6.61 Å². The fourth-order valence-electron chi connectivity index (χ4n) is 3.47. The van der Waals surface area contributed by atoms with Gasteiger partial charge in [0.2, 0.25) is 5.91 Å². The van der Waals surface area contributed by atoms with E-state index in [1.165, 1.54) is 6.92 Å². The van der Waals surface area contributed by atoms with Crippen molar-refractivity contribution in [3.63, 3.8) is 0 Å². The van der Waals surface area contributed by atoms with Crippen molar-refractivity contribution in [1.29, 1.82) is 0 Å². The Kier molecular flexibility index (Phi) is 5.30. The number of carbonyl (C=O) groups excluding carboxylic acids is 5. The normalized spacial score (nSPS) is 20.4. The van der Waals surface area contributed by atoms with Crippen molar-refractivity contribution < 1.29 is 28.7 Å². The average molecular weight is 388 g/mol. The predicted octanol–water partition coefficient (Wildman–Crippen LogP) is -0.519. The number of hydrogen-bond acceptors (Lipinski definition) is 6. The van der Waals surface area contributed by atoms with Crippen LogP contribution in [0.3, 0.4) is 0 Å². The molecule has 0 radical (unpaired) electrons. The van der Waals surface area contributed by atoms with E-state index in [2.05, 4.69) is 5.32 Å². The summed E-state index contributed by atoms with van der Waals surface area (Å²) in [5, 5.41) is 2.73. The van der Waals surface area contributed by atoms with Crippen LogP contribution in [0.5, 0.6) is 0 Å². The van der Waals surface area contributed by atoms with Crippen LogP contribution in [0.4, 0.5) is 4.79 Å². The van der Waals surface area contributed by atoms with E-state index in [0.29, 0.717) is 6.42 Å². The summed E-state index contributed by atoms with van der Waals surface area (Å²) in [7, 11) is 0. The van der Waals surface area contributed by atoms with Crippen molar-refractivity contribution in [1.82, 2.24) is 21.1 Å². The first-order valence-corrected chi connectivity index (χ1v) is 8.77. The molecule has 1 aliphatic heterocycles. The van der Waals surface area contributed by atoms with E-state index >= 15 is 0 Å². The van der Waals surface area contributed by atoms with Crippen LogP contribution in [0.15, 0.2) is 24.3 Å². The Balaban J connectivity index is 1.64. The molecule has 0 unspecified atom stereocenters. The van der Waals surface area contributed by atoms with Gasteiger partial charge in [-0.15, -0.1) is 0 Å². The number of imide groups is 1. The minimum absolute atomic E-state index is 0.444. The number of amides is 5. The van der Waals surface area contributed by atoms with E-state index < -0.39 is 48.4 Å². The number of rotatable bonds is 4. The maximum absolute atomic E-state index is 13.0. The van der Waals surface area contributed by atoms with E-state index in [-0.39, 0.29) is 0 Å². The van der Waals surface area contributed by atoms with Gasteiger partial charge in [-0.3, -0.25) is 34.9 Å². The highest BCUT2D eigenvalue weighted by Crippen LogP contribution is 2.39. The van der Waals surface area contributed by atoms with E-state index in [4.69, 9.17) is 4.74 Å². The first-order chi connectivity index (χ1) is 13.3. The Morgan fingerprint density at radius 2 is 1.96 bits per heavy atom. The molecule has 3 N–H and O–H groups in total. The topological polar surface area (TPSA) is 134 Å². The minimum atomic E-state index is -1.17. The molecule has 1 aromatic rings. The summed E-state index contributed by atoms with van der Waals surface area (Å²) in [5.74, 6) is -2.66. The van der Waals surface area contributed by atoms with Gasteiger partial charge in [0.25, 0.3) is 11.8 Å². The van der Waals surface area contributed by atoms with Crippen LogP contribution in [0.2, 0.25) is 0 Å². The van der Waals surface area contributed by atoms with Crippen molar-refractivity contribution in [3.8, 4) is 0 Å². The fraction of sp³-hybridized carbons (Fsp3) is 0.389. The molecule has 1 spiro atoms. The summed E-state index contributed by atoms with van der Waals surface area (Å²) >= 11 is 0. The summed E-state index contributed by atoms with van der Waals surface area (Å²) in [6.07, 6.45) is 1.98.